The molecule has 1 aliphatic carbocycles. The molecule has 3 nitrogen and oxygen atoms in total. The van der Waals surface area contributed by atoms with Gasteiger partial charge < -0.3 is 14.6 Å². The zero-order chi connectivity index (χ0) is 22.2. The summed E-state index contributed by atoms with van der Waals surface area (Å²) in [7, 11) is 0. The fraction of sp³-hybridized carbons (Fsp3) is 0.704. The number of ether oxygens (including phenoxy) is 2. The summed E-state index contributed by atoms with van der Waals surface area (Å²) in [6.45, 7) is 17.3. The molecule has 1 N–H and O–H groups in total. The van der Waals surface area contributed by atoms with Crippen molar-refractivity contribution in [3.8, 4) is 0 Å². The summed E-state index contributed by atoms with van der Waals surface area (Å²) < 4.78 is 13.4. The Morgan fingerprint density at radius 3 is 2.40 bits per heavy atom. The number of benzene rings is 1. The van der Waals surface area contributed by atoms with Gasteiger partial charge in [-0.3, -0.25) is 0 Å². The van der Waals surface area contributed by atoms with Crippen LogP contribution in [0.15, 0.2) is 43.0 Å². The fourth-order valence-corrected chi connectivity index (χ4v) is 6.37. The highest BCUT2D eigenvalue weighted by Gasteiger charge is 2.57. The predicted molar refractivity (Wildman–Crippen MR) is 123 cm³/mol. The maximum Gasteiger partial charge on any atom is 0.0861 e. The molecule has 2 aliphatic rings. The maximum atomic E-state index is 9.88. The molecular weight excluding hydrogens is 372 g/mol. The van der Waals surface area contributed by atoms with Gasteiger partial charge in [-0.2, -0.15) is 0 Å². The van der Waals surface area contributed by atoms with E-state index in [1.54, 1.807) is 0 Å². The second-order valence-electron chi connectivity index (χ2n) is 10.9. The van der Waals surface area contributed by atoms with E-state index >= 15 is 0 Å². The van der Waals surface area contributed by atoms with Crippen LogP contribution in [-0.2, 0) is 9.47 Å². The standard InChI is InChI=1S/C27H42O3/c1-8-26(6)16-15-23-25(4,5)22(14-17-27(23,7)30-26)24(21-12-10-9-11-13-21)29-20(3)18-19(2)28/h8-13,19-20,22-24,28H,1,14-18H2,2-7H3/t19-,20-,22?,23?,24?,26?,27?/m0/s1. The average molecular weight is 415 g/mol. The SMILES string of the molecule is C=CC1(C)CCC2C(C)(CCC(C(O[C@@H](C)C[C@H](C)O)c3ccccc3)C2(C)C)O1. The van der Waals surface area contributed by atoms with Crippen LogP contribution in [0.2, 0.25) is 0 Å². The minimum Gasteiger partial charge on any atom is -0.393 e. The normalized spacial score (nSPS) is 36.4. The quantitative estimate of drug-likeness (QED) is 0.520. The van der Waals surface area contributed by atoms with E-state index in [1.807, 2.05) is 13.0 Å². The highest BCUT2D eigenvalue weighted by atomic mass is 16.5. The van der Waals surface area contributed by atoms with Crippen LogP contribution in [-0.4, -0.2) is 28.5 Å². The number of aliphatic hydroxyl groups is 1. The molecule has 2 fully saturated rings. The summed E-state index contributed by atoms with van der Waals surface area (Å²) in [4.78, 5) is 0. The summed E-state index contributed by atoms with van der Waals surface area (Å²) >= 11 is 0. The number of aliphatic hydroxyl groups excluding tert-OH is 1. The van der Waals surface area contributed by atoms with Crippen LogP contribution in [0.5, 0.6) is 0 Å². The van der Waals surface area contributed by atoms with Crippen molar-refractivity contribution in [1.29, 1.82) is 0 Å². The zero-order valence-electron chi connectivity index (χ0n) is 19.9. The Morgan fingerprint density at radius 2 is 1.80 bits per heavy atom. The van der Waals surface area contributed by atoms with Gasteiger partial charge in [-0.25, -0.2) is 0 Å². The van der Waals surface area contributed by atoms with E-state index in [1.165, 1.54) is 5.56 Å². The smallest absolute Gasteiger partial charge is 0.0861 e. The molecule has 0 amide bonds. The van der Waals surface area contributed by atoms with Crippen molar-refractivity contribution in [3.63, 3.8) is 0 Å². The van der Waals surface area contributed by atoms with Gasteiger partial charge in [0.25, 0.3) is 0 Å². The van der Waals surface area contributed by atoms with Gasteiger partial charge in [0, 0.05) is 0 Å². The predicted octanol–water partition coefficient (Wildman–Crippen LogP) is 6.47. The van der Waals surface area contributed by atoms with Crippen LogP contribution in [0.25, 0.3) is 0 Å². The first kappa shape index (κ1) is 23.5. The summed E-state index contributed by atoms with van der Waals surface area (Å²) in [6, 6.07) is 10.6. The van der Waals surface area contributed by atoms with Gasteiger partial charge in [-0.1, -0.05) is 50.3 Å². The topological polar surface area (TPSA) is 38.7 Å². The highest BCUT2D eigenvalue weighted by Crippen LogP contribution is 2.60. The number of hydrogen-bond acceptors (Lipinski definition) is 3. The Balaban J connectivity index is 1.90. The summed E-state index contributed by atoms with van der Waals surface area (Å²) in [5, 5.41) is 9.88. The van der Waals surface area contributed by atoms with Crippen LogP contribution < -0.4 is 0 Å². The summed E-state index contributed by atoms with van der Waals surface area (Å²) in [5.74, 6) is 0.866. The van der Waals surface area contributed by atoms with E-state index in [4.69, 9.17) is 9.47 Å². The third-order valence-corrected chi connectivity index (χ3v) is 7.92. The second kappa shape index (κ2) is 8.76. The van der Waals surface area contributed by atoms with Crippen LogP contribution in [0.3, 0.4) is 0 Å². The van der Waals surface area contributed by atoms with Crippen LogP contribution in [0.1, 0.15) is 85.3 Å². The van der Waals surface area contributed by atoms with Crippen LogP contribution in [0.4, 0.5) is 0 Å². The third-order valence-electron chi connectivity index (χ3n) is 7.92. The van der Waals surface area contributed by atoms with Gasteiger partial charge in [0.2, 0.25) is 0 Å². The lowest BCUT2D eigenvalue weighted by Gasteiger charge is -2.60. The van der Waals surface area contributed by atoms with E-state index in [9.17, 15) is 5.11 Å². The third kappa shape index (κ3) is 4.69. The van der Waals surface area contributed by atoms with Crippen LogP contribution >= 0.6 is 0 Å². The van der Waals surface area contributed by atoms with Crippen molar-refractivity contribution in [2.24, 2.45) is 17.3 Å². The second-order valence-corrected chi connectivity index (χ2v) is 10.9. The van der Waals surface area contributed by atoms with Crippen LogP contribution in [0, 0.1) is 17.3 Å². The molecule has 1 aromatic rings. The maximum absolute atomic E-state index is 9.88. The molecule has 1 aliphatic heterocycles. The Hall–Kier alpha value is -1.16. The van der Waals surface area contributed by atoms with Gasteiger partial charge in [0.15, 0.2) is 0 Å². The molecule has 30 heavy (non-hydrogen) atoms. The van der Waals surface area contributed by atoms with Crippen molar-refractivity contribution >= 4 is 0 Å². The number of fused-ring (bicyclic) bond motifs is 1. The van der Waals surface area contributed by atoms with Crippen molar-refractivity contribution < 1.29 is 14.6 Å². The molecular formula is C27H42O3. The van der Waals surface area contributed by atoms with Gasteiger partial charge in [0.1, 0.15) is 0 Å². The number of hydrogen-bond donors (Lipinski definition) is 1. The van der Waals surface area contributed by atoms with E-state index in [0.717, 1.165) is 25.7 Å². The fourth-order valence-electron chi connectivity index (χ4n) is 6.37. The molecule has 0 radical (unpaired) electrons. The molecule has 1 heterocycles. The van der Waals surface area contributed by atoms with E-state index in [-0.39, 0.29) is 34.9 Å². The molecule has 3 heteroatoms. The molecule has 5 unspecified atom stereocenters. The van der Waals surface area contributed by atoms with Crippen molar-refractivity contribution in [1.82, 2.24) is 0 Å². The average Bonchev–Trinajstić information content (AvgIpc) is 2.66. The monoisotopic (exact) mass is 414 g/mol. The van der Waals surface area contributed by atoms with E-state index < -0.39 is 0 Å². The molecule has 1 aromatic carbocycles. The van der Waals surface area contributed by atoms with Gasteiger partial charge in [-0.05, 0) is 82.6 Å². The minimum atomic E-state index is -0.359. The Morgan fingerprint density at radius 1 is 1.13 bits per heavy atom. The van der Waals surface area contributed by atoms with Gasteiger partial charge in [0.05, 0.1) is 29.5 Å². The molecule has 168 valence electrons. The van der Waals surface area contributed by atoms with E-state index in [0.29, 0.717) is 18.3 Å². The molecule has 0 spiro atoms. The molecule has 0 aromatic heterocycles. The molecule has 7 atom stereocenters. The van der Waals surface area contributed by atoms with Crippen molar-refractivity contribution in [2.75, 3.05) is 0 Å². The first-order valence-electron chi connectivity index (χ1n) is 11.7. The largest absolute Gasteiger partial charge is 0.393 e. The Labute approximate surface area is 183 Å². The molecule has 3 rings (SSSR count). The lowest BCUT2D eigenvalue weighted by Crippen LogP contribution is -2.59. The van der Waals surface area contributed by atoms with E-state index in [2.05, 4.69) is 71.5 Å². The molecule has 1 saturated heterocycles. The van der Waals surface area contributed by atoms with Gasteiger partial charge >= 0.3 is 0 Å². The highest BCUT2D eigenvalue weighted by molar-refractivity contribution is 5.21. The lowest BCUT2D eigenvalue weighted by molar-refractivity contribution is -0.245. The summed E-state index contributed by atoms with van der Waals surface area (Å²) in [6.07, 6.45) is 6.57. The van der Waals surface area contributed by atoms with Gasteiger partial charge in [-0.15, -0.1) is 6.58 Å². The van der Waals surface area contributed by atoms with Crippen molar-refractivity contribution in [2.45, 2.75) is 103 Å². The number of rotatable bonds is 7. The lowest BCUT2D eigenvalue weighted by atomic mass is 9.52. The molecule has 0 bridgehead atoms. The Kier molecular flexibility index (Phi) is 6.86. The summed E-state index contributed by atoms with van der Waals surface area (Å²) in [5.41, 5.74) is 0.952. The van der Waals surface area contributed by atoms with Crippen molar-refractivity contribution in [3.05, 3.63) is 48.6 Å². The molecule has 1 saturated carbocycles. The zero-order valence-corrected chi connectivity index (χ0v) is 19.9. The Bertz CT molecular complexity index is 712. The first-order valence-corrected chi connectivity index (χ1v) is 11.7. The minimum absolute atomic E-state index is 0.00554. The first-order chi connectivity index (χ1) is 14.0.